The molecular formula is C18H31NS. The van der Waals surface area contributed by atoms with Gasteiger partial charge in [-0.3, -0.25) is 0 Å². The molecule has 0 amide bonds. The summed E-state index contributed by atoms with van der Waals surface area (Å²) in [6.07, 6.45) is 2.37. The molecule has 0 spiro atoms. The average Bonchev–Trinajstić information content (AvgIpc) is 2.75. The highest BCUT2D eigenvalue weighted by Crippen LogP contribution is 2.31. The predicted octanol–water partition coefficient (Wildman–Crippen LogP) is 5.33. The van der Waals surface area contributed by atoms with Gasteiger partial charge in [0.1, 0.15) is 0 Å². The Balaban J connectivity index is 2.78. The first kappa shape index (κ1) is 17.5. The summed E-state index contributed by atoms with van der Waals surface area (Å²) in [6.45, 7) is 18.0. The quantitative estimate of drug-likeness (QED) is 0.747. The summed E-state index contributed by atoms with van der Waals surface area (Å²) in [5.41, 5.74) is 1.75. The molecule has 20 heavy (non-hydrogen) atoms. The van der Waals surface area contributed by atoms with E-state index in [4.69, 9.17) is 0 Å². The van der Waals surface area contributed by atoms with Gasteiger partial charge < -0.3 is 5.32 Å². The minimum Gasteiger partial charge on any atom is -0.313 e. The van der Waals surface area contributed by atoms with Crippen molar-refractivity contribution in [2.75, 3.05) is 13.1 Å². The zero-order valence-electron chi connectivity index (χ0n) is 14.2. The molecular weight excluding hydrogens is 262 g/mol. The van der Waals surface area contributed by atoms with Crippen LogP contribution in [0.1, 0.15) is 58.2 Å². The normalized spacial score (nSPS) is 13.6. The van der Waals surface area contributed by atoms with Crippen LogP contribution < -0.4 is 5.32 Å². The largest absolute Gasteiger partial charge is 0.313 e. The van der Waals surface area contributed by atoms with Crippen molar-refractivity contribution in [1.82, 2.24) is 5.32 Å². The highest BCUT2D eigenvalue weighted by atomic mass is 32.1. The molecule has 0 radical (unpaired) electrons. The third-order valence-electron chi connectivity index (χ3n) is 3.32. The molecule has 0 aliphatic rings. The van der Waals surface area contributed by atoms with Gasteiger partial charge in [-0.1, -0.05) is 54.0 Å². The summed E-state index contributed by atoms with van der Waals surface area (Å²) in [7, 11) is 0. The Morgan fingerprint density at radius 3 is 2.30 bits per heavy atom. The zero-order chi connectivity index (χ0) is 15.3. The van der Waals surface area contributed by atoms with Crippen LogP contribution in [0.15, 0.2) is 17.7 Å². The van der Waals surface area contributed by atoms with Gasteiger partial charge in [-0.15, -0.1) is 11.3 Å². The summed E-state index contributed by atoms with van der Waals surface area (Å²) in [4.78, 5) is 2.84. The lowest BCUT2D eigenvalue weighted by molar-refractivity contribution is 0.558. The third-order valence-corrected chi connectivity index (χ3v) is 4.77. The van der Waals surface area contributed by atoms with Crippen LogP contribution in [0.4, 0.5) is 0 Å². The number of nitrogens with one attached hydrogen (secondary N) is 1. The van der Waals surface area contributed by atoms with Crippen molar-refractivity contribution in [3.05, 3.63) is 27.5 Å². The van der Waals surface area contributed by atoms with Crippen LogP contribution in [0.3, 0.4) is 0 Å². The highest BCUT2D eigenvalue weighted by Gasteiger charge is 2.15. The minimum absolute atomic E-state index is 0.255. The zero-order valence-corrected chi connectivity index (χ0v) is 15.0. The lowest BCUT2D eigenvalue weighted by atomic mass is 9.95. The van der Waals surface area contributed by atoms with Gasteiger partial charge in [0.2, 0.25) is 0 Å². The SMILES string of the molecule is CC(C)CNC/C(=C/c1ccc(C(C)(C)C)s1)C(C)C. The summed E-state index contributed by atoms with van der Waals surface area (Å²) in [6, 6.07) is 4.53. The van der Waals surface area contributed by atoms with Gasteiger partial charge in [-0.05, 0) is 42.0 Å². The summed E-state index contributed by atoms with van der Waals surface area (Å²) in [5, 5.41) is 3.56. The lowest BCUT2D eigenvalue weighted by Crippen LogP contribution is -2.23. The second-order valence-electron chi connectivity index (χ2n) is 7.35. The molecule has 114 valence electrons. The molecule has 0 aliphatic heterocycles. The Morgan fingerprint density at radius 1 is 1.20 bits per heavy atom. The van der Waals surface area contributed by atoms with E-state index in [1.165, 1.54) is 15.3 Å². The monoisotopic (exact) mass is 293 g/mol. The van der Waals surface area contributed by atoms with Crippen molar-refractivity contribution in [1.29, 1.82) is 0 Å². The average molecular weight is 294 g/mol. The van der Waals surface area contributed by atoms with Crippen LogP contribution >= 0.6 is 11.3 Å². The smallest absolute Gasteiger partial charge is 0.0273 e. The second kappa shape index (κ2) is 7.42. The number of thiophene rings is 1. The van der Waals surface area contributed by atoms with E-state index < -0.39 is 0 Å². The van der Waals surface area contributed by atoms with Crippen LogP contribution in [0.2, 0.25) is 0 Å². The lowest BCUT2D eigenvalue weighted by Gasteiger charge is -2.15. The molecule has 1 rings (SSSR count). The fourth-order valence-corrected chi connectivity index (χ4v) is 2.99. The van der Waals surface area contributed by atoms with Gasteiger partial charge in [0, 0.05) is 16.3 Å². The van der Waals surface area contributed by atoms with Crippen molar-refractivity contribution in [2.24, 2.45) is 11.8 Å². The van der Waals surface area contributed by atoms with E-state index in [1.807, 2.05) is 11.3 Å². The number of hydrogen-bond donors (Lipinski definition) is 1. The topological polar surface area (TPSA) is 12.0 Å². The van der Waals surface area contributed by atoms with E-state index in [-0.39, 0.29) is 5.41 Å². The first-order valence-electron chi connectivity index (χ1n) is 7.71. The molecule has 0 aromatic carbocycles. The maximum absolute atomic E-state index is 3.56. The fraction of sp³-hybridized carbons (Fsp3) is 0.667. The van der Waals surface area contributed by atoms with E-state index in [1.54, 1.807) is 0 Å². The van der Waals surface area contributed by atoms with E-state index in [2.05, 4.69) is 72.0 Å². The molecule has 1 heterocycles. The molecule has 2 heteroatoms. The van der Waals surface area contributed by atoms with Gasteiger partial charge in [0.05, 0.1) is 0 Å². The summed E-state index contributed by atoms with van der Waals surface area (Å²) >= 11 is 1.92. The van der Waals surface area contributed by atoms with Gasteiger partial charge >= 0.3 is 0 Å². The van der Waals surface area contributed by atoms with Crippen LogP contribution in [0.5, 0.6) is 0 Å². The van der Waals surface area contributed by atoms with Crippen molar-refractivity contribution in [3.8, 4) is 0 Å². The first-order valence-corrected chi connectivity index (χ1v) is 8.53. The van der Waals surface area contributed by atoms with Crippen molar-refractivity contribution >= 4 is 17.4 Å². The minimum atomic E-state index is 0.255. The Hall–Kier alpha value is -0.600. The first-order chi connectivity index (χ1) is 9.20. The van der Waals surface area contributed by atoms with Crippen LogP contribution in [-0.4, -0.2) is 13.1 Å². The Bertz CT molecular complexity index is 433. The molecule has 1 nitrogen and oxygen atoms in total. The Kier molecular flexibility index (Phi) is 6.47. The Labute approximate surface area is 129 Å². The van der Waals surface area contributed by atoms with E-state index in [0.717, 1.165) is 13.1 Å². The molecule has 0 atom stereocenters. The fourth-order valence-electron chi connectivity index (χ4n) is 1.94. The van der Waals surface area contributed by atoms with Crippen LogP contribution in [0.25, 0.3) is 6.08 Å². The van der Waals surface area contributed by atoms with Gasteiger partial charge in [0.25, 0.3) is 0 Å². The Morgan fingerprint density at radius 2 is 1.85 bits per heavy atom. The molecule has 0 saturated carbocycles. The van der Waals surface area contributed by atoms with E-state index >= 15 is 0 Å². The third kappa shape index (κ3) is 5.80. The van der Waals surface area contributed by atoms with Gasteiger partial charge in [0.15, 0.2) is 0 Å². The van der Waals surface area contributed by atoms with E-state index in [0.29, 0.717) is 11.8 Å². The van der Waals surface area contributed by atoms with Crippen molar-refractivity contribution in [3.63, 3.8) is 0 Å². The molecule has 1 N–H and O–H groups in total. The molecule has 0 aliphatic carbocycles. The molecule has 0 bridgehead atoms. The maximum Gasteiger partial charge on any atom is 0.0273 e. The van der Waals surface area contributed by atoms with Crippen LogP contribution in [0, 0.1) is 11.8 Å². The maximum atomic E-state index is 3.56. The standard InChI is InChI=1S/C18H31NS/c1-13(2)11-19-12-15(14(3)4)10-16-8-9-17(20-16)18(5,6)7/h8-10,13-14,19H,11-12H2,1-7H3/b15-10-. The van der Waals surface area contributed by atoms with Crippen LogP contribution in [-0.2, 0) is 5.41 Å². The van der Waals surface area contributed by atoms with E-state index in [9.17, 15) is 0 Å². The van der Waals surface area contributed by atoms with Gasteiger partial charge in [-0.2, -0.15) is 0 Å². The summed E-state index contributed by atoms with van der Waals surface area (Å²) in [5.74, 6) is 1.30. The van der Waals surface area contributed by atoms with Crippen molar-refractivity contribution < 1.29 is 0 Å². The molecule has 0 fully saturated rings. The molecule has 1 aromatic heterocycles. The molecule has 0 unspecified atom stereocenters. The second-order valence-corrected chi connectivity index (χ2v) is 8.47. The molecule has 0 saturated heterocycles. The van der Waals surface area contributed by atoms with Gasteiger partial charge in [-0.25, -0.2) is 0 Å². The number of rotatable bonds is 6. The molecule has 1 aromatic rings. The van der Waals surface area contributed by atoms with Crippen molar-refractivity contribution in [2.45, 2.75) is 53.9 Å². The highest BCUT2D eigenvalue weighted by molar-refractivity contribution is 7.13. The summed E-state index contributed by atoms with van der Waals surface area (Å²) < 4.78 is 0. The predicted molar refractivity (Wildman–Crippen MR) is 93.5 cm³/mol. The number of hydrogen-bond acceptors (Lipinski definition) is 2.